The molecular weight excluding hydrogens is 334 g/mol. The van der Waals surface area contributed by atoms with Crippen LogP contribution in [0.25, 0.3) is 6.08 Å². The van der Waals surface area contributed by atoms with Crippen LogP contribution in [-0.4, -0.2) is 16.0 Å². The zero-order chi connectivity index (χ0) is 17.8. The zero-order valence-electron chi connectivity index (χ0n) is 13.3. The van der Waals surface area contributed by atoms with Crippen molar-refractivity contribution in [3.8, 4) is 5.75 Å². The van der Waals surface area contributed by atoms with Crippen molar-refractivity contribution in [1.29, 1.82) is 0 Å². The van der Waals surface area contributed by atoms with Crippen LogP contribution in [0.3, 0.4) is 0 Å². The molecule has 2 aromatic heterocycles. The minimum atomic E-state index is -0.391. The van der Waals surface area contributed by atoms with Gasteiger partial charge >= 0.3 is 0 Å². The van der Waals surface area contributed by atoms with Crippen LogP contribution in [0.15, 0.2) is 60.5 Å². The lowest BCUT2D eigenvalue weighted by molar-refractivity contribution is 0.0944. The molecule has 0 aliphatic heterocycles. The Morgan fingerprint density at radius 3 is 2.76 bits per heavy atom. The number of nitrogens with zero attached hydrogens (tertiary/aromatic N) is 1. The van der Waals surface area contributed by atoms with Gasteiger partial charge in [-0.1, -0.05) is 24.8 Å². The van der Waals surface area contributed by atoms with E-state index in [9.17, 15) is 9.90 Å². The Labute approximate surface area is 149 Å². The molecule has 6 heteroatoms. The van der Waals surface area contributed by atoms with Gasteiger partial charge in [-0.2, -0.15) is 0 Å². The Morgan fingerprint density at radius 2 is 2.12 bits per heavy atom. The van der Waals surface area contributed by atoms with Gasteiger partial charge in [-0.3, -0.25) is 4.79 Å². The summed E-state index contributed by atoms with van der Waals surface area (Å²) in [6.45, 7) is 3.64. The SMILES string of the molecule is C=Cc1ccc(C(=O)NC(c2cccc(O)c2)c2cccs2)c(N)n1. The molecule has 126 valence electrons. The minimum absolute atomic E-state index is 0.143. The fourth-order valence-electron chi connectivity index (χ4n) is 2.48. The van der Waals surface area contributed by atoms with E-state index in [-0.39, 0.29) is 17.5 Å². The summed E-state index contributed by atoms with van der Waals surface area (Å²) >= 11 is 1.52. The monoisotopic (exact) mass is 351 g/mol. The predicted molar refractivity (Wildman–Crippen MR) is 100 cm³/mol. The molecule has 1 aromatic carbocycles. The first-order valence-corrected chi connectivity index (χ1v) is 8.48. The summed E-state index contributed by atoms with van der Waals surface area (Å²) in [7, 11) is 0. The number of hydrogen-bond donors (Lipinski definition) is 3. The van der Waals surface area contributed by atoms with Gasteiger partial charge < -0.3 is 16.2 Å². The molecule has 0 fully saturated rings. The summed E-state index contributed by atoms with van der Waals surface area (Å²) in [4.78, 5) is 17.8. The lowest BCUT2D eigenvalue weighted by Gasteiger charge is -2.19. The first-order valence-electron chi connectivity index (χ1n) is 7.60. The number of nitrogen functional groups attached to an aromatic ring is 1. The van der Waals surface area contributed by atoms with E-state index in [1.807, 2.05) is 23.6 Å². The Hall–Kier alpha value is -3.12. The fraction of sp³-hybridized carbons (Fsp3) is 0.0526. The molecule has 0 aliphatic carbocycles. The van der Waals surface area contributed by atoms with E-state index in [2.05, 4.69) is 16.9 Å². The third-order valence-electron chi connectivity index (χ3n) is 3.71. The highest BCUT2D eigenvalue weighted by molar-refractivity contribution is 7.10. The molecule has 1 amide bonds. The number of nitrogens with two attached hydrogens (primary N) is 1. The van der Waals surface area contributed by atoms with Gasteiger partial charge in [0.05, 0.1) is 17.3 Å². The standard InChI is InChI=1S/C19H17N3O2S/c1-2-13-8-9-15(18(20)21-13)19(24)22-17(16-7-4-10-25-16)12-5-3-6-14(23)11-12/h2-11,17,23H,1H2,(H2,20,21)(H,22,24). The van der Waals surface area contributed by atoms with Crippen LogP contribution >= 0.6 is 11.3 Å². The molecule has 0 spiro atoms. The molecular formula is C19H17N3O2S. The van der Waals surface area contributed by atoms with Gasteiger partial charge in [0.15, 0.2) is 0 Å². The number of rotatable bonds is 5. The van der Waals surface area contributed by atoms with Gasteiger partial charge in [0.2, 0.25) is 0 Å². The highest BCUT2D eigenvalue weighted by Gasteiger charge is 2.20. The number of phenolic OH excluding ortho intramolecular Hbond substituents is 1. The number of amides is 1. The number of thiophene rings is 1. The second-order valence-corrected chi connectivity index (χ2v) is 6.37. The first kappa shape index (κ1) is 16.7. The molecule has 3 aromatic rings. The minimum Gasteiger partial charge on any atom is -0.508 e. The number of phenols is 1. The number of hydrogen-bond acceptors (Lipinski definition) is 5. The van der Waals surface area contributed by atoms with Crippen molar-refractivity contribution >= 4 is 29.1 Å². The van der Waals surface area contributed by atoms with Gasteiger partial charge in [0, 0.05) is 4.88 Å². The molecule has 3 rings (SSSR count). The Balaban J connectivity index is 1.93. The molecule has 1 atom stereocenters. The van der Waals surface area contributed by atoms with Crippen LogP contribution in [0.5, 0.6) is 5.75 Å². The van der Waals surface area contributed by atoms with E-state index >= 15 is 0 Å². The van der Waals surface area contributed by atoms with Crippen LogP contribution < -0.4 is 11.1 Å². The van der Waals surface area contributed by atoms with Crippen LogP contribution in [0.4, 0.5) is 5.82 Å². The topological polar surface area (TPSA) is 88.2 Å². The van der Waals surface area contributed by atoms with E-state index in [1.54, 1.807) is 36.4 Å². The molecule has 0 saturated heterocycles. The molecule has 0 bridgehead atoms. The number of benzene rings is 1. The van der Waals surface area contributed by atoms with Crippen LogP contribution in [0.1, 0.15) is 32.5 Å². The summed E-state index contributed by atoms with van der Waals surface area (Å²) in [5, 5.41) is 14.7. The quantitative estimate of drug-likeness (QED) is 0.655. The summed E-state index contributed by atoms with van der Waals surface area (Å²) in [5.41, 5.74) is 7.59. The summed E-state index contributed by atoms with van der Waals surface area (Å²) in [6.07, 6.45) is 1.57. The lowest BCUT2D eigenvalue weighted by Crippen LogP contribution is -2.29. The van der Waals surface area contributed by atoms with Crippen molar-refractivity contribution in [2.45, 2.75) is 6.04 Å². The number of pyridine rings is 1. The van der Waals surface area contributed by atoms with E-state index in [1.165, 1.54) is 11.3 Å². The van der Waals surface area contributed by atoms with Gasteiger partial charge in [-0.15, -0.1) is 11.3 Å². The van der Waals surface area contributed by atoms with Crippen LogP contribution in [-0.2, 0) is 0 Å². The Bertz CT molecular complexity index is 907. The average Bonchev–Trinajstić information content (AvgIpc) is 3.13. The number of aromatic nitrogens is 1. The van der Waals surface area contributed by atoms with Crippen molar-refractivity contribution in [1.82, 2.24) is 10.3 Å². The zero-order valence-corrected chi connectivity index (χ0v) is 14.2. The highest BCUT2D eigenvalue weighted by Crippen LogP contribution is 2.28. The smallest absolute Gasteiger partial charge is 0.255 e. The number of carbonyl (C=O) groups is 1. The second kappa shape index (κ2) is 7.19. The maximum atomic E-state index is 12.7. The van der Waals surface area contributed by atoms with Crippen molar-refractivity contribution in [2.24, 2.45) is 0 Å². The molecule has 25 heavy (non-hydrogen) atoms. The summed E-state index contributed by atoms with van der Waals surface area (Å²) in [5.74, 6) is -0.0390. The van der Waals surface area contributed by atoms with Crippen molar-refractivity contribution < 1.29 is 9.90 Å². The molecule has 0 saturated carbocycles. The summed E-state index contributed by atoms with van der Waals surface area (Å²) in [6, 6.07) is 13.6. The predicted octanol–water partition coefficient (Wildman–Crippen LogP) is 3.59. The average molecular weight is 351 g/mol. The number of anilines is 1. The van der Waals surface area contributed by atoms with Gasteiger partial charge in [0.25, 0.3) is 5.91 Å². The van der Waals surface area contributed by atoms with E-state index in [0.29, 0.717) is 11.3 Å². The summed E-state index contributed by atoms with van der Waals surface area (Å²) < 4.78 is 0. The van der Waals surface area contributed by atoms with Gasteiger partial charge in [0.1, 0.15) is 11.6 Å². The van der Waals surface area contributed by atoms with Crippen molar-refractivity contribution in [2.75, 3.05) is 5.73 Å². The van der Waals surface area contributed by atoms with Gasteiger partial charge in [-0.05, 0) is 47.4 Å². The maximum Gasteiger partial charge on any atom is 0.255 e. The largest absolute Gasteiger partial charge is 0.508 e. The number of carbonyl (C=O) groups excluding carboxylic acids is 1. The lowest BCUT2D eigenvalue weighted by atomic mass is 10.0. The molecule has 4 N–H and O–H groups in total. The van der Waals surface area contributed by atoms with Crippen molar-refractivity contribution in [3.63, 3.8) is 0 Å². The Kier molecular flexibility index (Phi) is 4.81. The second-order valence-electron chi connectivity index (χ2n) is 5.39. The molecule has 2 heterocycles. The molecule has 1 unspecified atom stereocenters. The number of nitrogens with one attached hydrogen (secondary N) is 1. The number of aromatic hydroxyl groups is 1. The first-order chi connectivity index (χ1) is 12.1. The molecule has 0 aliphatic rings. The van der Waals surface area contributed by atoms with Crippen molar-refractivity contribution in [3.05, 3.63) is 82.2 Å². The Morgan fingerprint density at radius 1 is 1.28 bits per heavy atom. The highest BCUT2D eigenvalue weighted by atomic mass is 32.1. The van der Waals surface area contributed by atoms with Gasteiger partial charge in [-0.25, -0.2) is 4.98 Å². The maximum absolute atomic E-state index is 12.7. The van der Waals surface area contributed by atoms with E-state index in [0.717, 1.165) is 10.4 Å². The molecule has 0 radical (unpaired) electrons. The van der Waals surface area contributed by atoms with E-state index < -0.39 is 6.04 Å². The van der Waals surface area contributed by atoms with Crippen LogP contribution in [0, 0.1) is 0 Å². The normalized spacial score (nSPS) is 11.7. The van der Waals surface area contributed by atoms with Crippen LogP contribution in [0.2, 0.25) is 0 Å². The van der Waals surface area contributed by atoms with E-state index in [4.69, 9.17) is 5.73 Å². The third kappa shape index (κ3) is 3.70. The third-order valence-corrected chi connectivity index (χ3v) is 4.64. The fourth-order valence-corrected chi connectivity index (χ4v) is 3.29. The molecule has 5 nitrogen and oxygen atoms in total.